The molecule has 39 heavy (non-hydrogen) atoms. The number of phenols is 1. The van der Waals surface area contributed by atoms with E-state index in [2.05, 4.69) is 32.2 Å². The number of nitrogens with one attached hydrogen (secondary N) is 2. The minimum absolute atomic E-state index is 0.0872. The maximum absolute atomic E-state index is 12.7. The second-order valence-corrected chi connectivity index (χ2v) is 11.8. The zero-order chi connectivity index (χ0) is 27.6. The van der Waals surface area contributed by atoms with E-state index in [4.69, 9.17) is 23.2 Å². The number of carbonyl (C=O) groups excluding carboxylic acids is 1. The van der Waals surface area contributed by atoms with E-state index < -0.39 is 5.54 Å². The van der Waals surface area contributed by atoms with Crippen LogP contribution >= 0.6 is 35.0 Å². The number of nitrogens with zero attached hydrogens (tertiary/aromatic N) is 4. The van der Waals surface area contributed by atoms with Crippen molar-refractivity contribution in [3.63, 3.8) is 0 Å². The van der Waals surface area contributed by atoms with Crippen LogP contribution in [0.2, 0.25) is 10.0 Å². The number of aromatic nitrogens is 4. The number of para-hydroxylation sites is 1. The van der Waals surface area contributed by atoms with Crippen LogP contribution in [-0.4, -0.2) is 37.0 Å². The van der Waals surface area contributed by atoms with Gasteiger partial charge in [-0.15, -0.1) is 5.10 Å². The topological polar surface area (TPSA) is 105 Å². The quantitative estimate of drug-likeness (QED) is 0.188. The number of phenolic OH excluding ortho intramolecular Hbond substituents is 1. The molecule has 0 atom stereocenters. The number of rotatable bonds is 10. The van der Waals surface area contributed by atoms with Gasteiger partial charge in [-0.1, -0.05) is 65.3 Å². The van der Waals surface area contributed by atoms with Crippen molar-refractivity contribution in [3.8, 4) is 11.4 Å². The Balaban J connectivity index is 1.19. The summed E-state index contributed by atoms with van der Waals surface area (Å²) in [7, 11) is 0. The zero-order valence-corrected chi connectivity index (χ0v) is 23.8. The Morgan fingerprint density at radius 2 is 1.90 bits per heavy atom. The Labute approximate surface area is 241 Å². The first-order valence-corrected chi connectivity index (χ1v) is 14.3. The van der Waals surface area contributed by atoms with E-state index in [1.807, 2.05) is 50.2 Å². The monoisotopic (exact) mass is 582 g/mol. The van der Waals surface area contributed by atoms with Gasteiger partial charge in [0.25, 0.3) is 0 Å². The molecule has 11 heteroatoms. The smallest absolute Gasteiger partial charge is 0.234 e. The fourth-order valence-electron chi connectivity index (χ4n) is 4.19. The van der Waals surface area contributed by atoms with Crippen LogP contribution in [0.3, 0.4) is 0 Å². The largest absolute Gasteiger partial charge is 0.508 e. The predicted molar refractivity (Wildman–Crippen MR) is 155 cm³/mol. The summed E-state index contributed by atoms with van der Waals surface area (Å²) in [5, 5.41) is 29.7. The number of thioether (sulfide) groups is 1. The van der Waals surface area contributed by atoms with E-state index in [9.17, 15) is 9.90 Å². The van der Waals surface area contributed by atoms with Crippen molar-refractivity contribution in [2.45, 2.75) is 49.8 Å². The first-order chi connectivity index (χ1) is 18.7. The standard InChI is InChI=1S/C28H28Cl2N6O2S/c1-28(2,31-15-19-5-3-4-6-25(19)37)20-10-11-23(21(29)14-20)32-26(38)16-39-27-33-34-35-36(27)24-12-9-18(13-22(24)30)17-7-8-17/h3-6,9-14,17,31,37H,7-8,15-16H2,1-2H3,(H,32,38). The van der Waals surface area contributed by atoms with Gasteiger partial charge in [0.2, 0.25) is 11.1 Å². The van der Waals surface area contributed by atoms with Gasteiger partial charge in [-0.2, -0.15) is 4.68 Å². The van der Waals surface area contributed by atoms with Gasteiger partial charge in [0.1, 0.15) is 5.75 Å². The maximum Gasteiger partial charge on any atom is 0.234 e. The van der Waals surface area contributed by atoms with Gasteiger partial charge < -0.3 is 15.7 Å². The van der Waals surface area contributed by atoms with Crippen molar-refractivity contribution in [2.75, 3.05) is 11.1 Å². The van der Waals surface area contributed by atoms with E-state index in [1.54, 1.807) is 22.9 Å². The molecular weight excluding hydrogens is 555 g/mol. The molecule has 0 spiro atoms. The van der Waals surface area contributed by atoms with Crippen molar-refractivity contribution in [1.82, 2.24) is 25.5 Å². The van der Waals surface area contributed by atoms with Gasteiger partial charge in [0.15, 0.2) is 0 Å². The second kappa shape index (κ2) is 11.6. The van der Waals surface area contributed by atoms with Gasteiger partial charge >= 0.3 is 0 Å². The van der Waals surface area contributed by atoms with Crippen molar-refractivity contribution < 1.29 is 9.90 Å². The van der Waals surface area contributed by atoms with Gasteiger partial charge in [-0.3, -0.25) is 4.79 Å². The minimum Gasteiger partial charge on any atom is -0.508 e. The third kappa shape index (κ3) is 6.55. The van der Waals surface area contributed by atoms with Crippen LogP contribution in [0, 0.1) is 0 Å². The molecule has 0 unspecified atom stereocenters. The van der Waals surface area contributed by atoms with Crippen molar-refractivity contribution >= 4 is 46.6 Å². The molecule has 1 fully saturated rings. The van der Waals surface area contributed by atoms with Crippen molar-refractivity contribution in [3.05, 3.63) is 87.4 Å². The van der Waals surface area contributed by atoms with E-state index in [0.29, 0.717) is 39.0 Å². The molecule has 1 heterocycles. The summed E-state index contributed by atoms with van der Waals surface area (Å²) in [6, 6.07) is 18.7. The number of carbonyl (C=O) groups is 1. The molecular formula is C28H28Cl2N6O2S. The average Bonchev–Trinajstić information content (AvgIpc) is 3.66. The highest BCUT2D eigenvalue weighted by Crippen LogP contribution is 2.41. The second-order valence-electron chi connectivity index (χ2n) is 10.00. The predicted octanol–water partition coefficient (Wildman–Crippen LogP) is 6.31. The number of amides is 1. The van der Waals surface area contributed by atoms with Crippen LogP contribution < -0.4 is 10.6 Å². The van der Waals surface area contributed by atoms with Crippen LogP contribution in [0.5, 0.6) is 5.75 Å². The fraction of sp³-hybridized carbons (Fsp3) is 0.286. The highest BCUT2D eigenvalue weighted by molar-refractivity contribution is 7.99. The van der Waals surface area contributed by atoms with Crippen LogP contribution in [0.1, 0.15) is 49.3 Å². The number of halogens is 2. The summed E-state index contributed by atoms with van der Waals surface area (Å²) in [5.74, 6) is 0.689. The maximum atomic E-state index is 12.7. The minimum atomic E-state index is -0.431. The van der Waals surface area contributed by atoms with E-state index >= 15 is 0 Å². The molecule has 0 aliphatic heterocycles. The summed E-state index contributed by atoms with van der Waals surface area (Å²) in [5.41, 5.74) is 3.73. The summed E-state index contributed by atoms with van der Waals surface area (Å²) < 4.78 is 1.54. The molecule has 8 nitrogen and oxygen atoms in total. The average molecular weight is 584 g/mol. The first kappa shape index (κ1) is 27.5. The molecule has 0 bridgehead atoms. The summed E-state index contributed by atoms with van der Waals surface area (Å²) in [4.78, 5) is 12.7. The Morgan fingerprint density at radius 3 is 2.62 bits per heavy atom. The number of aromatic hydroxyl groups is 1. The molecule has 1 amide bonds. The third-order valence-corrected chi connectivity index (χ3v) is 8.23. The third-order valence-electron chi connectivity index (χ3n) is 6.70. The lowest BCUT2D eigenvalue weighted by atomic mass is 9.93. The molecule has 3 aromatic carbocycles. The summed E-state index contributed by atoms with van der Waals surface area (Å²) in [6.07, 6.45) is 2.38. The van der Waals surface area contributed by atoms with E-state index in [1.165, 1.54) is 30.2 Å². The van der Waals surface area contributed by atoms with Gasteiger partial charge in [-0.05, 0) is 84.5 Å². The Hall–Kier alpha value is -3.11. The van der Waals surface area contributed by atoms with Crippen LogP contribution in [0.15, 0.2) is 65.8 Å². The number of tetrazole rings is 1. The molecule has 0 saturated heterocycles. The normalized spacial score (nSPS) is 13.4. The van der Waals surface area contributed by atoms with E-state index in [-0.39, 0.29) is 17.4 Å². The Bertz CT molecular complexity index is 1510. The molecule has 3 N–H and O–H groups in total. The number of hydrogen-bond acceptors (Lipinski definition) is 7. The Kier molecular flexibility index (Phi) is 8.13. The highest BCUT2D eigenvalue weighted by Gasteiger charge is 2.25. The van der Waals surface area contributed by atoms with Crippen LogP contribution in [0.4, 0.5) is 5.69 Å². The fourth-order valence-corrected chi connectivity index (χ4v) is 5.37. The van der Waals surface area contributed by atoms with Gasteiger partial charge in [0, 0.05) is 17.6 Å². The molecule has 0 radical (unpaired) electrons. The Morgan fingerprint density at radius 1 is 1.10 bits per heavy atom. The molecule has 1 aromatic heterocycles. The molecule has 5 rings (SSSR count). The molecule has 1 saturated carbocycles. The SMILES string of the molecule is CC(C)(NCc1ccccc1O)c1ccc(NC(=O)CSc2nnnn2-c2ccc(C3CC3)cc2Cl)c(Cl)c1. The van der Waals surface area contributed by atoms with Crippen LogP contribution in [0.25, 0.3) is 5.69 Å². The van der Waals surface area contributed by atoms with Crippen molar-refractivity contribution in [2.24, 2.45) is 0 Å². The summed E-state index contributed by atoms with van der Waals surface area (Å²) >= 11 is 14.3. The number of hydrogen-bond donors (Lipinski definition) is 3. The first-order valence-electron chi connectivity index (χ1n) is 12.5. The van der Waals surface area contributed by atoms with Gasteiger partial charge in [-0.25, -0.2) is 0 Å². The molecule has 4 aromatic rings. The molecule has 1 aliphatic rings. The van der Waals surface area contributed by atoms with E-state index in [0.717, 1.165) is 11.1 Å². The lowest BCUT2D eigenvalue weighted by molar-refractivity contribution is -0.113. The number of benzene rings is 3. The van der Waals surface area contributed by atoms with Crippen LogP contribution in [-0.2, 0) is 16.9 Å². The molecule has 1 aliphatic carbocycles. The zero-order valence-electron chi connectivity index (χ0n) is 21.5. The lowest BCUT2D eigenvalue weighted by Crippen LogP contribution is -2.36. The lowest BCUT2D eigenvalue weighted by Gasteiger charge is -2.28. The molecule has 202 valence electrons. The highest BCUT2D eigenvalue weighted by atomic mass is 35.5. The summed E-state index contributed by atoms with van der Waals surface area (Å²) in [6.45, 7) is 4.55. The van der Waals surface area contributed by atoms with Crippen molar-refractivity contribution in [1.29, 1.82) is 0 Å². The van der Waals surface area contributed by atoms with Gasteiger partial charge in [0.05, 0.1) is 27.2 Å². The number of anilines is 1.